The van der Waals surface area contributed by atoms with Crippen LogP contribution in [0.4, 0.5) is 5.69 Å². The van der Waals surface area contributed by atoms with Gasteiger partial charge in [-0.05, 0) is 36.8 Å². The van der Waals surface area contributed by atoms with Crippen molar-refractivity contribution in [2.45, 2.75) is 19.5 Å². The Bertz CT molecular complexity index is 807. The summed E-state index contributed by atoms with van der Waals surface area (Å²) in [7, 11) is 1.36. The van der Waals surface area contributed by atoms with Crippen LogP contribution in [-0.2, 0) is 16.1 Å². The average molecular weight is 373 g/mol. The van der Waals surface area contributed by atoms with E-state index in [-0.39, 0.29) is 17.9 Å². The highest BCUT2D eigenvalue weighted by atomic mass is 35.5. The first-order valence-corrected chi connectivity index (χ1v) is 8.86. The minimum absolute atomic E-state index is 0.0375. The fourth-order valence-electron chi connectivity index (χ4n) is 3.14. The highest BCUT2D eigenvalue weighted by Crippen LogP contribution is 2.28. The molecule has 5 nitrogen and oxygen atoms in total. The van der Waals surface area contributed by atoms with E-state index in [1.54, 1.807) is 23.1 Å². The van der Waals surface area contributed by atoms with Crippen LogP contribution in [0.15, 0.2) is 48.5 Å². The van der Waals surface area contributed by atoms with Gasteiger partial charge in [0.05, 0.1) is 29.4 Å². The highest BCUT2D eigenvalue weighted by molar-refractivity contribution is 6.33. The van der Waals surface area contributed by atoms with Gasteiger partial charge in [0.15, 0.2) is 0 Å². The maximum absolute atomic E-state index is 12.8. The predicted molar refractivity (Wildman–Crippen MR) is 101 cm³/mol. The number of methoxy groups -OCH3 is 1. The van der Waals surface area contributed by atoms with Gasteiger partial charge >= 0.3 is 5.97 Å². The number of benzene rings is 2. The molecule has 0 spiro atoms. The van der Waals surface area contributed by atoms with Gasteiger partial charge in [-0.15, -0.1) is 0 Å². The van der Waals surface area contributed by atoms with E-state index in [0.29, 0.717) is 23.7 Å². The van der Waals surface area contributed by atoms with Gasteiger partial charge in [0.2, 0.25) is 5.91 Å². The molecule has 1 saturated heterocycles. The monoisotopic (exact) mass is 372 g/mol. The van der Waals surface area contributed by atoms with Crippen LogP contribution in [-0.4, -0.2) is 43.0 Å². The number of piperazine rings is 1. The van der Waals surface area contributed by atoms with Crippen LogP contribution < -0.4 is 4.90 Å². The molecule has 26 heavy (non-hydrogen) atoms. The largest absolute Gasteiger partial charge is 0.465 e. The number of amides is 1. The van der Waals surface area contributed by atoms with E-state index in [1.165, 1.54) is 7.11 Å². The van der Waals surface area contributed by atoms with Gasteiger partial charge in [-0.3, -0.25) is 9.69 Å². The number of nitrogens with zero attached hydrogens (tertiary/aromatic N) is 2. The Morgan fingerprint density at radius 1 is 1.15 bits per heavy atom. The Morgan fingerprint density at radius 3 is 2.50 bits per heavy atom. The van der Waals surface area contributed by atoms with Gasteiger partial charge < -0.3 is 9.64 Å². The van der Waals surface area contributed by atoms with Crippen LogP contribution in [0.2, 0.25) is 5.02 Å². The summed E-state index contributed by atoms with van der Waals surface area (Å²) in [4.78, 5) is 28.2. The quantitative estimate of drug-likeness (QED) is 0.772. The number of halogens is 1. The van der Waals surface area contributed by atoms with E-state index in [0.717, 1.165) is 17.8 Å². The Balaban J connectivity index is 1.69. The standard InChI is InChI=1S/C20H21ClN2O3/c1-14-19(24)23(18-6-4-3-5-17(18)21)12-11-22(14)13-15-7-9-16(10-8-15)20(25)26-2/h3-10,14H,11-13H2,1-2H3. The normalized spacial score (nSPS) is 18.0. The van der Waals surface area contributed by atoms with Crippen molar-refractivity contribution >= 4 is 29.2 Å². The fourth-order valence-corrected chi connectivity index (χ4v) is 3.38. The molecular weight excluding hydrogens is 352 g/mol. The van der Waals surface area contributed by atoms with Crippen molar-refractivity contribution in [3.63, 3.8) is 0 Å². The lowest BCUT2D eigenvalue weighted by atomic mass is 10.1. The first-order valence-electron chi connectivity index (χ1n) is 8.48. The van der Waals surface area contributed by atoms with E-state index in [1.807, 2.05) is 37.3 Å². The predicted octanol–water partition coefficient (Wildman–Crippen LogP) is 3.36. The summed E-state index contributed by atoms with van der Waals surface area (Å²) in [6.45, 7) is 3.89. The second-order valence-electron chi connectivity index (χ2n) is 6.28. The molecule has 0 aliphatic carbocycles. The number of rotatable bonds is 4. The van der Waals surface area contributed by atoms with Crippen LogP contribution in [0.3, 0.4) is 0 Å². The first-order chi connectivity index (χ1) is 12.5. The second kappa shape index (κ2) is 7.89. The third kappa shape index (κ3) is 3.74. The molecule has 6 heteroatoms. The molecule has 1 heterocycles. The lowest BCUT2D eigenvalue weighted by Gasteiger charge is -2.39. The van der Waals surface area contributed by atoms with Gasteiger partial charge in [0, 0.05) is 19.6 Å². The number of para-hydroxylation sites is 1. The first kappa shape index (κ1) is 18.4. The summed E-state index contributed by atoms with van der Waals surface area (Å²) in [5, 5.41) is 0.583. The summed E-state index contributed by atoms with van der Waals surface area (Å²) >= 11 is 6.24. The van der Waals surface area contributed by atoms with Gasteiger partial charge in [-0.2, -0.15) is 0 Å². The summed E-state index contributed by atoms with van der Waals surface area (Å²) in [6.07, 6.45) is 0. The van der Waals surface area contributed by atoms with Gasteiger partial charge in [-0.1, -0.05) is 35.9 Å². The van der Waals surface area contributed by atoms with Crippen molar-refractivity contribution in [3.05, 3.63) is 64.7 Å². The number of hydrogen-bond donors (Lipinski definition) is 0. The topological polar surface area (TPSA) is 49.9 Å². The molecule has 1 atom stereocenters. The van der Waals surface area contributed by atoms with Crippen LogP contribution >= 0.6 is 11.6 Å². The molecule has 1 unspecified atom stereocenters. The molecule has 0 saturated carbocycles. The van der Waals surface area contributed by atoms with Gasteiger partial charge in [-0.25, -0.2) is 4.79 Å². The molecule has 0 bridgehead atoms. The lowest BCUT2D eigenvalue weighted by molar-refractivity contribution is -0.125. The molecule has 1 amide bonds. The minimum Gasteiger partial charge on any atom is -0.465 e. The van der Waals surface area contributed by atoms with Crippen LogP contribution in [0, 0.1) is 0 Å². The SMILES string of the molecule is COC(=O)c1ccc(CN2CCN(c3ccccc3Cl)C(=O)C2C)cc1. The van der Waals surface area contributed by atoms with E-state index in [9.17, 15) is 9.59 Å². The third-order valence-corrected chi connectivity index (χ3v) is 5.01. The van der Waals surface area contributed by atoms with Crippen LogP contribution in [0.1, 0.15) is 22.8 Å². The molecule has 3 rings (SSSR count). The van der Waals surface area contributed by atoms with Crippen LogP contribution in [0.25, 0.3) is 0 Å². The smallest absolute Gasteiger partial charge is 0.337 e. The van der Waals surface area contributed by atoms with E-state index >= 15 is 0 Å². The van der Waals surface area contributed by atoms with Crippen LogP contribution in [0.5, 0.6) is 0 Å². The van der Waals surface area contributed by atoms with Gasteiger partial charge in [0.1, 0.15) is 0 Å². The molecule has 136 valence electrons. The number of anilines is 1. The molecular formula is C20H21ClN2O3. The zero-order valence-corrected chi connectivity index (χ0v) is 15.6. The number of hydrogen-bond acceptors (Lipinski definition) is 4. The van der Waals surface area contributed by atoms with Crippen molar-refractivity contribution in [1.29, 1.82) is 0 Å². The molecule has 2 aromatic rings. The maximum atomic E-state index is 12.8. The summed E-state index contributed by atoms with van der Waals surface area (Å²) < 4.78 is 4.71. The Labute approximate surface area is 158 Å². The third-order valence-electron chi connectivity index (χ3n) is 4.69. The molecule has 1 fully saturated rings. The molecule has 0 N–H and O–H groups in total. The van der Waals surface area contributed by atoms with E-state index in [2.05, 4.69) is 4.90 Å². The van der Waals surface area contributed by atoms with Gasteiger partial charge in [0.25, 0.3) is 0 Å². The molecule has 1 aliphatic rings. The zero-order chi connectivity index (χ0) is 18.7. The summed E-state index contributed by atoms with van der Waals surface area (Å²) in [5.41, 5.74) is 2.32. The van der Waals surface area contributed by atoms with Crippen molar-refractivity contribution in [3.8, 4) is 0 Å². The Morgan fingerprint density at radius 2 is 1.85 bits per heavy atom. The lowest BCUT2D eigenvalue weighted by Crippen LogP contribution is -2.55. The molecule has 0 aromatic heterocycles. The van der Waals surface area contributed by atoms with Crippen molar-refractivity contribution in [2.24, 2.45) is 0 Å². The fraction of sp³-hybridized carbons (Fsp3) is 0.300. The Hall–Kier alpha value is -2.37. The number of carbonyl (C=O) groups excluding carboxylic acids is 2. The number of esters is 1. The number of carbonyl (C=O) groups is 2. The van der Waals surface area contributed by atoms with Crippen molar-refractivity contribution in [2.75, 3.05) is 25.1 Å². The molecule has 2 aromatic carbocycles. The Kier molecular flexibility index (Phi) is 5.59. The van der Waals surface area contributed by atoms with Crippen molar-refractivity contribution in [1.82, 2.24) is 4.90 Å². The summed E-state index contributed by atoms with van der Waals surface area (Å²) in [6, 6.07) is 14.4. The molecule has 0 radical (unpaired) electrons. The highest BCUT2D eigenvalue weighted by Gasteiger charge is 2.32. The average Bonchev–Trinajstić information content (AvgIpc) is 2.66. The zero-order valence-electron chi connectivity index (χ0n) is 14.8. The van der Waals surface area contributed by atoms with E-state index in [4.69, 9.17) is 16.3 Å². The molecule has 1 aliphatic heterocycles. The van der Waals surface area contributed by atoms with Crippen molar-refractivity contribution < 1.29 is 14.3 Å². The maximum Gasteiger partial charge on any atom is 0.337 e. The van der Waals surface area contributed by atoms with E-state index < -0.39 is 0 Å². The summed E-state index contributed by atoms with van der Waals surface area (Å²) in [5.74, 6) is -0.316. The minimum atomic E-state index is -0.353. The number of ether oxygens (including phenoxy) is 1. The second-order valence-corrected chi connectivity index (χ2v) is 6.68.